The molecule has 10 aromatic rings. The highest BCUT2D eigenvalue weighted by Gasteiger charge is 2.18. The van der Waals surface area contributed by atoms with Gasteiger partial charge in [-0.2, -0.15) is 0 Å². The van der Waals surface area contributed by atoms with Crippen LogP contribution in [-0.2, 0) is 0 Å². The number of rotatable bonds is 2. The topological polar surface area (TPSA) is 26.0 Å². The van der Waals surface area contributed by atoms with E-state index in [2.05, 4.69) is 140 Å². The normalized spacial score (nSPS) is 12.0. The largest absolute Gasteiger partial charge is 0.438 e. The van der Waals surface area contributed by atoms with Crippen LogP contribution in [0.2, 0.25) is 0 Å². The van der Waals surface area contributed by atoms with E-state index < -0.39 is 0 Å². The Hall–Kier alpha value is -5.99. The number of benzene rings is 8. The number of aromatic nitrogens is 1. The molecule has 0 spiro atoms. The molecule has 0 amide bonds. The van der Waals surface area contributed by atoms with Gasteiger partial charge in [-0.05, 0) is 95.7 Å². The predicted octanol–water partition coefficient (Wildman–Crippen LogP) is 12.1. The van der Waals surface area contributed by atoms with Crippen LogP contribution in [0.4, 0.5) is 0 Å². The lowest BCUT2D eigenvalue weighted by Crippen LogP contribution is -1.91. The molecule has 8 aromatic carbocycles. The van der Waals surface area contributed by atoms with Crippen molar-refractivity contribution in [2.75, 3.05) is 0 Å². The number of nitrogens with zero attached hydrogens (tertiary/aromatic N) is 1. The van der Waals surface area contributed by atoms with Crippen LogP contribution in [0.25, 0.3) is 98.3 Å². The van der Waals surface area contributed by atoms with Gasteiger partial charge in [0, 0.05) is 16.2 Å². The second-order valence-electron chi connectivity index (χ2n) is 11.9. The van der Waals surface area contributed by atoms with Crippen LogP contribution < -0.4 is 0 Å². The highest BCUT2D eigenvalue weighted by atomic mass is 16.3. The van der Waals surface area contributed by atoms with Crippen molar-refractivity contribution in [3.8, 4) is 22.3 Å². The quantitative estimate of drug-likeness (QED) is 0.152. The standard InChI is InChI=1S/C43H25NO/c1-2-10-31-26(9-1)17-18-27-19-20-29(24-37(27)31)42-35-14-5-3-12-33(35)41(34-13-4-6-15-36(34)42)28-21-22-39-30(23-28)25-38-32-11-7-8-16-40(32)45-43(38)44-39/h1-25H. The first-order valence-corrected chi connectivity index (χ1v) is 15.4. The van der Waals surface area contributed by atoms with E-state index in [0.29, 0.717) is 5.71 Å². The van der Waals surface area contributed by atoms with Crippen molar-refractivity contribution in [1.29, 1.82) is 0 Å². The molecule has 45 heavy (non-hydrogen) atoms. The Morgan fingerprint density at radius 1 is 0.356 bits per heavy atom. The van der Waals surface area contributed by atoms with E-state index in [9.17, 15) is 0 Å². The van der Waals surface area contributed by atoms with Crippen LogP contribution in [0.3, 0.4) is 0 Å². The molecule has 0 aliphatic heterocycles. The molecule has 0 aliphatic rings. The van der Waals surface area contributed by atoms with Gasteiger partial charge in [-0.1, -0.05) is 121 Å². The fourth-order valence-electron chi connectivity index (χ4n) is 7.38. The van der Waals surface area contributed by atoms with Crippen molar-refractivity contribution in [3.05, 3.63) is 152 Å². The third-order valence-corrected chi connectivity index (χ3v) is 9.42. The molecule has 208 valence electrons. The zero-order valence-electron chi connectivity index (χ0n) is 24.3. The minimum absolute atomic E-state index is 0.680. The molecule has 0 atom stereocenters. The number of hydrogen-bond acceptors (Lipinski definition) is 2. The summed E-state index contributed by atoms with van der Waals surface area (Å²) in [6, 6.07) is 54.8. The number of fused-ring (bicyclic) bond motifs is 9. The first-order chi connectivity index (χ1) is 22.3. The maximum Gasteiger partial charge on any atom is 0.227 e. The van der Waals surface area contributed by atoms with Crippen molar-refractivity contribution in [3.63, 3.8) is 0 Å². The minimum atomic E-state index is 0.680. The zero-order chi connectivity index (χ0) is 29.5. The van der Waals surface area contributed by atoms with Crippen molar-refractivity contribution in [1.82, 2.24) is 4.98 Å². The molecule has 10 rings (SSSR count). The van der Waals surface area contributed by atoms with Crippen molar-refractivity contribution in [2.45, 2.75) is 0 Å². The summed E-state index contributed by atoms with van der Waals surface area (Å²) >= 11 is 0. The van der Waals surface area contributed by atoms with Crippen LogP contribution in [0, 0.1) is 0 Å². The molecule has 2 heterocycles. The summed E-state index contributed by atoms with van der Waals surface area (Å²) in [4.78, 5) is 4.91. The van der Waals surface area contributed by atoms with Crippen molar-refractivity contribution in [2.24, 2.45) is 0 Å². The Kier molecular flexibility index (Phi) is 5.03. The molecule has 0 radical (unpaired) electrons. The van der Waals surface area contributed by atoms with Crippen LogP contribution in [0.5, 0.6) is 0 Å². The van der Waals surface area contributed by atoms with E-state index >= 15 is 0 Å². The lowest BCUT2D eigenvalue weighted by Gasteiger charge is -2.18. The molecular formula is C43H25NO. The molecule has 0 N–H and O–H groups in total. The predicted molar refractivity (Wildman–Crippen MR) is 190 cm³/mol. The minimum Gasteiger partial charge on any atom is -0.438 e. The summed E-state index contributed by atoms with van der Waals surface area (Å²) in [6.45, 7) is 0. The van der Waals surface area contributed by atoms with E-state index in [-0.39, 0.29) is 0 Å². The number of hydrogen-bond donors (Lipinski definition) is 0. The summed E-state index contributed by atoms with van der Waals surface area (Å²) in [5, 5.41) is 13.3. The first-order valence-electron chi connectivity index (χ1n) is 15.4. The molecule has 0 fully saturated rings. The maximum absolute atomic E-state index is 6.09. The number of pyridine rings is 1. The third kappa shape index (κ3) is 3.60. The van der Waals surface area contributed by atoms with E-state index in [4.69, 9.17) is 9.40 Å². The number of para-hydroxylation sites is 1. The van der Waals surface area contributed by atoms with Gasteiger partial charge in [0.05, 0.1) is 5.52 Å². The van der Waals surface area contributed by atoms with Crippen LogP contribution in [0.15, 0.2) is 156 Å². The van der Waals surface area contributed by atoms with E-state index in [1.54, 1.807) is 0 Å². The second kappa shape index (κ2) is 9.25. The fourth-order valence-corrected chi connectivity index (χ4v) is 7.38. The van der Waals surface area contributed by atoms with Gasteiger partial charge in [-0.25, -0.2) is 4.98 Å². The molecule has 2 nitrogen and oxygen atoms in total. The highest BCUT2D eigenvalue weighted by molar-refractivity contribution is 6.22. The summed E-state index contributed by atoms with van der Waals surface area (Å²) in [7, 11) is 0. The van der Waals surface area contributed by atoms with Gasteiger partial charge in [0.2, 0.25) is 5.71 Å². The van der Waals surface area contributed by atoms with Crippen molar-refractivity contribution >= 4 is 76.1 Å². The van der Waals surface area contributed by atoms with Crippen LogP contribution >= 0.6 is 0 Å². The monoisotopic (exact) mass is 571 g/mol. The maximum atomic E-state index is 6.09. The molecule has 0 saturated carbocycles. The van der Waals surface area contributed by atoms with Gasteiger partial charge >= 0.3 is 0 Å². The lowest BCUT2D eigenvalue weighted by atomic mass is 9.85. The first kappa shape index (κ1) is 24.5. The molecule has 0 saturated heterocycles. The molecule has 0 aliphatic carbocycles. The molecular weight excluding hydrogens is 546 g/mol. The Morgan fingerprint density at radius 3 is 1.60 bits per heavy atom. The molecule has 0 unspecified atom stereocenters. The van der Waals surface area contributed by atoms with Gasteiger partial charge in [0.1, 0.15) is 5.58 Å². The van der Waals surface area contributed by atoms with Gasteiger partial charge in [0.25, 0.3) is 0 Å². The Balaban J connectivity index is 1.26. The van der Waals surface area contributed by atoms with Crippen LogP contribution in [0.1, 0.15) is 0 Å². The Labute approximate surface area is 258 Å². The second-order valence-corrected chi connectivity index (χ2v) is 11.9. The average molecular weight is 572 g/mol. The Bertz CT molecular complexity index is 2770. The molecule has 2 heteroatoms. The zero-order valence-corrected chi connectivity index (χ0v) is 24.3. The van der Waals surface area contributed by atoms with Crippen LogP contribution in [-0.4, -0.2) is 4.98 Å². The van der Waals surface area contributed by atoms with Gasteiger partial charge in [0.15, 0.2) is 0 Å². The van der Waals surface area contributed by atoms with E-state index in [0.717, 1.165) is 27.3 Å². The summed E-state index contributed by atoms with van der Waals surface area (Å²) in [5.41, 5.74) is 7.40. The van der Waals surface area contributed by atoms with E-state index in [1.165, 1.54) is 65.3 Å². The van der Waals surface area contributed by atoms with Crippen molar-refractivity contribution < 1.29 is 4.42 Å². The van der Waals surface area contributed by atoms with E-state index in [1.807, 2.05) is 12.1 Å². The molecule has 0 bridgehead atoms. The smallest absolute Gasteiger partial charge is 0.227 e. The summed E-state index contributed by atoms with van der Waals surface area (Å²) in [5.74, 6) is 0. The Morgan fingerprint density at radius 2 is 0.889 bits per heavy atom. The summed E-state index contributed by atoms with van der Waals surface area (Å²) in [6.07, 6.45) is 0. The van der Waals surface area contributed by atoms with Gasteiger partial charge in [-0.3, -0.25) is 0 Å². The highest BCUT2D eigenvalue weighted by Crippen LogP contribution is 2.45. The van der Waals surface area contributed by atoms with Gasteiger partial charge in [-0.15, -0.1) is 0 Å². The molecule has 2 aromatic heterocycles. The van der Waals surface area contributed by atoms with Gasteiger partial charge < -0.3 is 4.42 Å². The third-order valence-electron chi connectivity index (χ3n) is 9.42. The SMILES string of the molecule is c1ccc2c(c1)ccc1ccc(-c3c4ccccc4c(-c4ccc5nc6oc7ccccc7c6cc5c4)c4ccccc34)cc12. The lowest BCUT2D eigenvalue weighted by molar-refractivity contribution is 0.656. The fraction of sp³-hybridized carbons (Fsp3) is 0. The number of furan rings is 1. The summed E-state index contributed by atoms with van der Waals surface area (Å²) < 4.78 is 6.09. The average Bonchev–Trinajstić information content (AvgIpc) is 3.46.